The van der Waals surface area contributed by atoms with E-state index in [1.807, 2.05) is 25.1 Å². The first-order chi connectivity index (χ1) is 9.63. The van der Waals surface area contributed by atoms with Crippen LogP contribution in [0.25, 0.3) is 11.3 Å². The van der Waals surface area contributed by atoms with E-state index in [1.54, 1.807) is 0 Å². The molecule has 0 amide bonds. The van der Waals surface area contributed by atoms with Gasteiger partial charge in [-0.15, -0.1) is 0 Å². The Hall–Kier alpha value is -2.30. The van der Waals surface area contributed by atoms with E-state index in [-0.39, 0.29) is 11.9 Å². The Kier molecular flexibility index (Phi) is 3.18. The van der Waals surface area contributed by atoms with Gasteiger partial charge >= 0.3 is 5.97 Å². The Morgan fingerprint density at radius 2 is 2.20 bits per heavy atom. The Morgan fingerprint density at radius 3 is 2.80 bits per heavy atom. The lowest BCUT2D eigenvalue weighted by molar-refractivity contribution is 0.0652. The van der Waals surface area contributed by atoms with Crippen molar-refractivity contribution in [2.45, 2.75) is 32.3 Å². The van der Waals surface area contributed by atoms with Crippen molar-refractivity contribution in [3.8, 4) is 17.0 Å². The summed E-state index contributed by atoms with van der Waals surface area (Å²) >= 11 is 0. The van der Waals surface area contributed by atoms with Crippen LogP contribution in [-0.4, -0.2) is 22.3 Å². The highest BCUT2D eigenvalue weighted by molar-refractivity contribution is 5.86. The predicted molar refractivity (Wildman–Crippen MR) is 71.9 cm³/mol. The second kappa shape index (κ2) is 5.00. The Morgan fingerprint density at radius 1 is 1.40 bits per heavy atom. The normalized spacial score (nSPS) is 14.8. The maximum Gasteiger partial charge on any atom is 0.374 e. The molecule has 0 atom stereocenters. The van der Waals surface area contributed by atoms with E-state index in [2.05, 4.69) is 5.16 Å². The van der Waals surface area contributed by atoms with E-state index in [9.17, 15) is 4.79 Å². The summed E-state index contributed by atoms with van der Waals surface area (Å²) in [5.41, 5.74) is 2.31. The van der Waals surface area contributed by atoms with Gasteiger partial charge in [-0.3, -0.25) is 0 Å². The summed E-state index contributed by atoms with van der Waals surface area (Å²) < 4.78 is 10.7. The van der Waals surface area contributed by atoms with Gasteiger partial charge < -0.3 is 14.4 Å². The van der Waals surface area contributed by atoms with Crippen LogP contribution in [0.4, 0.5) is 0 Å². The van der Waals surface area contributed by atoms with Crippen LogP contribution in [0, 0.1) is 6.92 Å². The van der Waals surface area contributed by atoms with Gasteiger partial charge in [-0.25, -0.2) is 4.79 Å². The van der Waals surface area contributed by atoms with Gasteiger partial charge in [0.15, 0.2) is 0 Å². The van der Waals surface area contributed by atoms with E-state index < -0.39 is 5.97 Å². The number of ether oxygens (including phenoxy) is 1. The third-order valence-electron chi connectivity index (χ3n) is 3.48. The fourth-order valence-electron chi connectivity index (χ4n) is 2.12. The second-order valence-electron chi connectivity index (χ2n) is 5.05. The first-order valence-electron chi connectivity index (χ1n) is 6.61. The van der Waals surface area contributed by atoms with Crippen LogP contribution in [0.2, 0.25) is 0 Å². The number of aromatic nitrogens is 1. The van der Waals surface area contributed by atoms with Gasteiger partial charge in [-0.1, -0.05) is 16.8 Å². The zero-order valence-electron chi connectivity index (χ0n) is 11.1. The second-order valence-corrected chi connectivity index (χ2v) is 5.05. The Bertz CT molecular complexity index is 643. The molecule has 5 heteroatoms. The van der Waals surface area contributed by atoms with Crippen LogP contribution in [-0.2, 0) is 0 Å². The maximum absolute atomic E-state index is 10.9. The summed E-state index contributed by atoms with van der Waals surface area (Å²) in [6, 6.07) is 7.22. The average Bonchev–Trinajstić information content (AvgIpc) is 2.84. The van der Waals surface area contributed by atoms with E-state index in [0.29, 0.717) is 5.69 Å². The van der Waals surface area contributed by atoms with Crippen molar-refractivity contribution in [3.63, 3.8) is 0 Å². The molecule has 1 aliphatic carbocycles. The van der Waals surface area contributed by atoms with Crippen molar-refractivity contribution < 1.29 is 19.2 Å². The molecule has 1 heterocycles. The van der Waals surface area contributed by atoms with Gasteiger partial charge in [-0.05, 0) is 38.3 Å². The molecular weight excluding hydrogens is 258 g/mol. The predicted octanol–water partition coefficient (Wildman–Crippen LogP) is 3.28. The van der Waals surface area contributed by atoms with Crippen molar-refractivity contribution in [1.82, 2.24) is 5.16 Å². The molecule has 0 unspecified atom stereocenters. The molecule has 0 spiro atoms. The molecule has 2 aromatic rings. The number of rotatable bonds is 4. The number of carboxylic acid groups (broad SMARTS) is 1. The minimum Gasteiger partial charge on any atom is -0.490 e. The van der Waals surface area contributed by atoms with Gasteiger partial charge in [0.25, 0.3) is 0 Å². The number of aryl methyl sites for hydroxylation is 1. The molecule has 1 N–H and O–H groups in total. The molecule has 0 bridgehead atoms. The smallest absolute Gasteiger partial charge is 0.374 e. The summed E-state index contributed by atoms with van der Waals surface area (Å²) in [5, 5.41) is 12.7. The van der Waals surface area contributed by atoms with Crippen LogP contribution in [0.5, 0.6) is 5.75 Å². The number of benzene rings is 1. The standard InChI is InChI=1S/C15H15NO4/c1-9-5-6-13(19-10-3-2-4-10)11(7-9)12-8-14(15(17)18)20-16-12/h5-8,10H,2-4H2,1H3,(H,17,18). The van der Waals surface area contributed by atoms with E-state index >= 15 is 0 Å². The van der Waals surface area contributed by atoms with Crippen molar-refractivity contribution in [2.24, 2.45) is 0 Å². The Labute approximate surface area is 116 Å². The summed E-state index contributed by atoms with van der Waals surface area (Å²) in [4.78, 5) is 10.9. The lowest BCUT2D eigenvalue weighted by atomic mass is 9.96. The van der Waals surface area contributed by atoms with E-state index in [4.69, 9.17) is 14.4 Å². The molecule has 3 rings (SSSR count). The first kappa shape index (κ1) is 12.7. The highest BCUT2D eigenvalue weighted by Crippen LogP contribution is 2.34. The molecule has 0 aliphatic heterocycles. The molecule has 1 saturated carbocycles. The van der Waals surface area contributed by atoms with Crippen molar-refractivity contribution >= 4 is 5.97 Å². The quantitative estimate of drug-likeness (QED) is 0.925. The van der Waals surface area contributed by atoms with Crippen LogP contribution in [0.1, 0.15) is 35.4 Å². The molecule has 1 aliphatic rings. The Balaban J connectivity index is 1.96. The third-order valence-corrected chi connectivity index (χ3v) is 3.48. The number of nitrogens with zero attached hydrogens (tertiary/aromatic N) is 1. The minimum atomic E-state index is -1.13. The highest BCUT2D eigenvalue weighted by atomic mass is 16.5. The fourth-order valence-corrected chi connectivity index (χ4v) is 2.12. The summed E-state index contributed by atoms with van der Waals surface area (Å²) in [5.74, 6) is -0.570. The van der Waals surface area contributed by atoms with Gasteiger partial charge in [0.05, 0.1) is 6.10 Å². The van der Waals surface area contributed by atoms with Crippen molar-refractivity contribution in [2.75, 3.05) is 0 Å². The van der Waals surface area contributed by atoms with Crippen LogP contribution in [0.3, 0.4) is 0 Å². The van der Waals surface area contributed by atoms with Gasteiger partial charge in [0.2, 0.25) is 5.76 Å². The summed E-state index contributed by atoms with van der Waals surface area (Å²) in [6.07, 6.45) is 3.57. The van der Waals surface area contributed by atoms with Crippen LogP contribution < -0.4 is 4.74 Å². The zero-order chi connectivity index (χ0) is 14.1. The minimum absolute atomic E-state index is 0.170. The van der Waals surface area contributed by atoms with Crippen molar-refractivity contribution in [3.05, 3.63) is 35.6 Å². The average molecular weight is 273 g/mol. The molecule has 1 fully saturated rings. The van der Waals surface area contributed by atoms with Crippen molar-refractivity contribution in [1.29, 1.82) is 0 Å². The number of carboxylic acids is 1. The molecule has 5 nitrogen and oxygen atoms in total. The van der Waals surface area contributed by atoms with Crippen LogP contribution in [0.15, 0.2) is 28.8 Å². The zero-order valence-corrected chi connectivity index (χ0v) is 11.1. The number of hydrogen-bond donors (Lipinski definition) is 1. The number of aromatic carboxylic acids is 1. The van der Waals surface area contributed by atoms with E-state index in [1.165, 1.54) is 12.5 Å². The highest BCUT2D eigenvalue weighted by Gasteiger charge is 2.22. The molecule has 20 heavy (non-hydrogen) atoms. The molecule has 1 aromatic heterocycles. The topological polar surface area (TPSA) is 72.6 Å². The number of carbonyl (C=O) groups is 1. The van der Waals surface area contributed by atoms with Gasteiger partial charge in [-0.2, -0.15) is 0 Å². The van der Waals surface area contributed by atoms with Gasteiger partial charge in [0.1, 0.15) is 11.4 Å². The largest absolute Gasteiger partial charge is 0.490 e. The monoisotopic (exact) mass is 273 g/mol. The molecule has 1 aromatic carbocycles. The summed E-state index contributed by atoms with van der Waals surface area (Å²) in [6.45, 7) is 1.97. The molecule has 0 saturated heterocycles. The first-order valence-corrected chi connectivity index (χ1v) is 6.61. The molecule has 0 radical (unpaired) electrons. The van der Waals surface area contributed by atoms with Gasteiger partial charge in [0, 0.05) is 11.6 Å². The van der Waals surface area contributed by atoms with Crippen LogP contribution >= 0.6 is 0 Å². The maximum atomic E-state index is 10.9. The molecule has 104 valence electrons. The third kappa shape index (κ3) is 2.39. The number of hydrogen-bond acceptors (Lipinski definition) is 4. The summed E-state index contributed by atoms with van der Waals surface area (Å²) in [7, 11) is 0. The van der Waals surface area contributed by atoms with E-state index in [0.717, 1.165) is 29.7 Å². The fraction of sp³-hybridized carbons (Fsp3) is 0.333. The molecular formula is C15H15NO4. The lowest BCUT2D eigenvalue weighted by Gasteiger charge is -2.27. The SMILES string of the molecule is Cc1ccc(OC2CCC2)c(-c2cc(C(=O)O)on2)c1. The lowest BCUT2D eigenvalue weighted by Crippen LogP contribution is -2.24.